The second kappa shape index (κ2) is 8.61. The summed E-state index contributed by atoms with van der Waals surface area (Å²) in [5, 5.41) is 15.6. The zero-order chi connectivity index (χ0) is 19.1. The number of nitrogens with zero attached hydrogens (tertiary/aromatic N) is 2. The fourth-order valence-electron chi connectivity index (χ4n) is 2.18. The van der Waals surface area contributed by atoms with Crippen LogP contribution in [-0.4, -0.2) is 23.7 Å². The first kappa shape index (κ1) is 18.9. The van der Waals surface area contributed by atoms with Gasteiger partial charge in [0.25, 0.3) is 0 Å². The molecule has 0 atom stereocenters. The highest BCUT2D eigenvalue weighted by molar-refractivity contribution is 5.89. The first-order valence-electron chi connectivity index (χ1n) is 7.90. The molecular weight excluding hydrogens is 338 g/mol. The minimum atomic E-state index is -0.595. The average Bonchev–Trinajstić information content (AvgIpc) is 2.58. The summed E-state index contributed by atoms with van der Waals surface area (Å²) in [4.78, 5) is 22.1. The van der Waals surface area contributed by atoms with Crippen LogP contribution in [0.2, 0.25) is 0 Å². The van der Waals surface area contributed by atoms with Crippen molar-refractivity contribution in [3.8, 4) is 11.5 Å². The molecule has 2 aromatic rings. The van der Waals surface area contributed by atoms with E-state index in [1.165, 1.54) is 25.3 Å². The van der Waals surface area contributed by atoms with Gasteiger partial charge in [0.05, 0.1) is 29.0 Å². The van der Waals surface area contributed by atoms with E-state index in [-0.39, 0.29) is 29.4 Å². The largest absolute Gasteiger partial charge is 0.485 e. The first-order chi connectivity index (χ1) is 12.4. The molecule has 0 unspecified atom stereocenters. The summed E-state index contributed by atoms with van der Waals surface area (Å²) in [7, 11) is 0. The van der Waals surface area contributed by atoms with E-state index in [0.717, 1.165) is 11.3 Å². The Bertz CT molecular complexity index is 831. The molecule has 0 bridgehead atoms. The first-order valence-corrected chi connectivity index (χ1v) is 7.90. The molecule has 0 aliphatic heterocycles. The molecule has 0 spiro atoms. The topological polar surface area (TPSA) is 103 Å². The lowest BCUT2D eigenvalue weighted by Gasteiger charge is -2.11. The van der Waals surface area contributed by atoms with E-state index >= 15 is 0 Å². The standard InChI is InChI=1S/C18H19N3O5/c1-4-25-18-16(26-13(3)22)10-7-14(17(18)21(23)24)11-19-20-15-8-5-12(2)6-9-15/h5-11,20H,4H2,1-3H3/b19-11-. The molecule has 2 rings (SSSR count). The number of carbonyl (C=O) groups is 1. The number of hydrogen-bond donors (Lipinski definition) is 1. The highest BCUT2D eigenvalue weighted by Gasteiger charge is 2.25. The molecule has 8 heteroatoms. The number of nitro benzene ring substituents is 1. The summed E-state index contributed by atoms with van der Waals surface area (Å²) >= 11 is 0. The second-order valence-electron chi connectivity index (χ2n) is 5.35. The van der Waals surface area contributed by atoms with Crippen LogP contribution in [0, 0.1) is 17.0 Å². The van der Waals surface area contributed by atoms with Crippen LogP contribution in [-0.2, 0) is 4.79 Å². The van der Waals surface area contributed by atoms with Crippen molar-refractivity contribution < 1.29 is 19.2 Å². The van der Waals surface area contributed by atoms with Crippen LogP contribution in [0.4, 0.5) is 11.4 Å². The predicted molar refractivity (Wildman–Crippen MR) is 98.0 cm³/mol. The number of anilines is 1. The Labute approximate surface area is 150 Å². The number of carbonyl (C=O) groups excluding carboxylic acids is 1. The van der Waals surface area contributed by atoms with Crippen molar-refractivity contribution in [2.24, 2.45) is 5.10 Å². The van der Waals surface area contributed by atoms with Crippen molar-refractivity contribution in [3.63, 3.8) is 0 Å². The number of esters is 1. The Morgan fingerprint density at radius 3 is 2.54 bits per heavy atom. The Balaban J connectivity index is 2.35. The maximum absolute atomic E-state index is 11.5. The van der Waals surface area contributed by atoms with E-state index in [4.69, 9.17) is 9.47 Å². The lowest BCUT2D eigenvalue weighted by Crippen LogP contribution is -2.07. The maximum Gasteiger partial charge on any atom is 0.323 e. The number of rotatable bonds is 7. The summed E-state index contributed by atoms with van der Waals surface area (Å²) in [5.41, 5.74) is 4.56. The smallest absolute Gasteiger partial charge is 0.323 e. The van der Waals surface area contributed by atoms with E-state index < -0.39 is 10.9 Å². The van der Waals surface area contributed by atoms with Crippen LogP contribution in [0.5, 0.6) is 11.5 Å². The fourth-order valence-corrected chi connectivity index (χ4v) is 2.18. The van der Waals surface area contributed by atoms with Gasteiger partial charge in [-0.1, -0.05) is 17.7 Å². The lowest BCUT2D eigenvalue weighted by molar-refractivity contribution is -0.386. The van der Waals surface area contributed by atoms with Gasteiger partial charge in [0.1, 0.15) is 0 Å². The molecular formula is C18H19N3O5. The highest BCUT2D eigenvalue weighted by atomic mass is 16.6. The van der Waals surface area contributed by atoms with Crippen LogP contribution in [0.15, 0.2) is 41.5 Å². The van der Waals surface area contributed by atoms with E-state index in [1.807, 2.05) is 31.2 Å². The molecule has 136 valence electrons. The number of benzene rings is 2. The van der Waals surface area contributed by atoms with Gasteiger partial charge < -0.3 is 9.47 Å². The van der Waals surface area contributed by atoms with E-state index in [9.17, 15) is 14.9 Å². The second-order valence-corrected chi connectivity index (χ2v) is 5.35. The van der Waals surface area contributed by atoms with Gasteiger partial charge in [-0.05, 0) is 38.1 Å². The van der Waals surface area contributed by atoms with Crippen LogP contribution in [0.1, 0.15) is 25.0 Å². The minimum absolute atomic E-state index is 0.00491. The molecule has 0 saturated heterocycles. The molecule has 1 N–H and O–H groups in total. The van der Waals surface area contributed by atoms with Crippen LogP contribution in [0.25, 0.3) is 0 Å². The van der Waals surface area contributed by atoms with E-state index in [1.54, 1.807) is 6.92 Å². The molecule has 0 heterocycles. The number of aryl methyl sites for hydroxylation is 1. The zero-order valence-electron chi connectivity index (χ0n) is 14.7. The van der Waals surface area contributed by atoms with Gasteiger partial charge in [0, 0.05) is 6.92 Å². The van der Waals surface area contributed by atoms with E-state index in [0.29, 0.717) is 0 Å². The quantitative estimate of drug-likeness (QED) is 0.267. The van der Waals surface area contributed by atoms with Gasteiger partial charge in [-0.25, -0.2) is 0 Å². The number of nitro groups is 1. The number of hydrogen-bond acceptors (Lipinski definition) is 7. The summed E-state index contributed by atoms with van der Waals surface area (Å²) in [6.07, 6.45) is 1.32. The SMILES string of the molecule is CCOc1c(OC(C)=O)ccc(/C=N\Nc2ccc(C)cc2)c1[N+](=O)[O-]. The van der Waals surface area contributed by atoms with Crippen LogP contribution in [0.3, 0.4) is 0 Å². The number of hydrazone groups is 1. The third kappa shape index (κ3) is 4.79. The molecule has 0 aromatic heterocycles. The van der Waals surface area contributed by atoms with Crippen molar-refractivity contribution in [1.82, 2.24) is 0 Å². The maximum atomic E-state index is 11.5. The molecule has 8 nitrogen and oxygen atoms in total. The van der Waals surface area contributed by atoms with Crippen LogP contribution < -0.4 is 14.9 Å². The normalized spacial score (nSPS) is 10.6. The number of ether oxygens (including phenoxy) is 2. The monoisotopic (exact) mass is 357 g/mol. The summed E-state index contributed by atoms with van der Waals surface area (Å²) in [6.45, 7) is 5.04. The zero-order valence-corrected chi connectivity index (χ0v) is 14.7. The van der Waals surface area contributed by atoms with Gasteiger partial charge in [-0.2, -0.15) is 5.10 Å². The lowest BCUT2D eigenvalue weighted by atomic mass is 10.1. The van der Waals surface area contributed by atoms with Gasteiger partial charge in [0.15, 0.2) is 5.75 Å². The third-order valence-corrected chi connectivity index (χ3v) is 3.30. The highest BCUT2D eigenvalue weighted by Crippen LogP contribution is 2.39. The Hall–Kier alpha value is -3.42. The summed E-state index contributed by atoms with van der Waals surface area (Å²) < 4.78 is 10.3. The predicted octanol–water partition coefficient (Wildman–Crippen LogP) is 3.67. The molecule has 2 aromatic carbocycles. The molecule has 26 heavy (non-hydrogen) atoms. The molecule has 0 amide bonds. The minimum Gasteiger partial charge on any atom is -0.485 e. The van der Waals surface area contributed by atoms with Crippen molar-refractivity contribution >= 4 is 23.6 Å². The molecule has 0 saturated carbocycles. The molecule has 0 radical (unpaired) electrons. The third-order valence-electron chi connectivity index (χ3n) is 3.30. The van der Waals surface area contributed by atoms with E-state index in [2.05, 4.69) is 10.5 Å². The van der Waals surface area contributed by atoms with Crippen molar-refractivity contribution in [2.75, 3.05) is 12.0 Å². The Morgan fingerprint density at radius 2 is 1.96 bits per heavy atom. The molecule has 0 aliphatic carbocycles. The van der Waals surface area contributed by atoms with Gasteiger partial charge >= 0.3 is 11.7 Å². The van der Waals surface area contributed by atoms with Gasteiger partial charge in [0.2, 0.25) is 5.75 Å². The van der Waals surface area contributed by atoms with Crippen molar-refractivity contribution in [2.45, 2.75) is 20.8 Å². The average molecular weight is 357 g/mol. The Morgan fingerprint density at radius 1 is 1.27 bits per heavy atom. The summed E-state index contributed by atoms with van der Waals surface area (Å²) in [6, 6.07) is 10.4. The Kier molecular flexibility index (Phi) is 6.26. The fraction of sp³-hybridized carbons (Fsp3) is 0.222. The molecule has 0 fully saturated rings. The van der Waals surface area contributed by atoms with Gasteiger partial charge in [-0.3, -0.25) is 20.3 Å². The van der Waals surface area contributed by atoms with Crippen LogP contribution >= 0.6 is 0 Å². The number of nitrogens with one attached hydrogen (secondary N) is 1. The van der Waals surface area contributed by atoms with Crippen molar-refractivity contribution in [3.05, 3.63) is 57.6 Å². The van der Waals surface area contributed by atoms with Gasteiger partial charge in [-0.15, -0.1) is 0 Å². The molecule has 0 aliphatic rings. The summed E-state index contributed by atoms with van der Waals surface area (Å²) in [5.74, 6) is -0.704. The van der Waals surface area contributed by atoms with Crippen molar-refractivity contribution in [1.29, 1.82) is 0 Å².